The van der Waals surface area contributed by atoms with Gasteiger partial charge in [-0.2, -0.15) is 5.10 Å². The molecule has 4 rings (SSSR count). The summed E-state index contributed by atoms with van der Waals surface area (Å²) in [4.78, 5) is 17.0. The van der Waals surface area contributed by atoms with Crippen LogP contribution in [-0.4, -0.2) is 48.4 Å². The standard InChI is InChI=1S/C23H32N6O/c1-2-3-6-18-7-9-19(10-8-18)25-23(30)26-20-11-14-29(17-20)22-15-21(16-24-27-22)28-12-4-5-13-28/h7-10,15-16,20H,2-6,11-14,17H2,1H3,(H2,25,26,30). The van der Waals surface area contributed by atoms with Gasteiger partial charge in [0, 0.05) is 44.0 Å². The van der Waals surface area contributed by atoms with Gasteiger partial charge in [-0.05, 0) is 49.8 Å². The van der Waals surface area contributed by atoms with E-state index in [2.05, 4.69) is 55.8 Å². The quantitative estimate of drug-likeness (QED) is 0.729. The second kappa shape index (κ2) is 9.78. The lowest BCUT2D eigenvalue weighted by Gasteiger charge is -2.21. The molecule has 7 heteroatoms. The van der Waals surface area contributed by atoms with Gasteiger partial charge in [0.25, 0.3) is 0 Å². The smallest absolute Gasteiger partial charge is 0.319 e. The average Bonchev–Trinajstić information content (AvgIpc) is 3.46. The van der Waals surface area contributed by atoms with E-state index in [1.54, 1.807) is 0 Å². The summed E-state index contributed by atoms with van der Waals surface area (Å²) in [5.74, 6) is 0.895. The van der Waals surface area contributed by atoms with Crippen molar-refractivity contribution in [1.29, 1.82) is 0 Å². The molecular formula is C23H32N6O. The lowest BCUT2D eigenvalue weighted by Crippen LogP contribution is -2.39. The van der Waals surface area contributed by atoms with Gasteiger partial charge < -0.3 is 20.4 Å². The fraction of sp³-hybridized carbons (Fsp3) is 0.522. The molecule has 1 aromatic heterocycles. The second-order valence-electron chi connectivity index (χ2n) is 8.30. The van der Waals surface area contributed by atoms with Gasteiger partial charge in [0.05, 0.1) is 11.9 Å². The van der Waals surface area contributed by atoms with Gasteiger partial charge in [-0.15, -0.1) is 5.10 Å². The zero-order valence-electron chi connectivity index (χ0n) is 17.8. The highest BCUT2D eigenvalue weighted by atomic mass is 16.2. The average molecular weight is 409 g/mol. The first-order chi connectivity index (χ1) is 14.7. The summed E-state index contributed by atoms with van der Waals surface area (Å²) >= 11 is 0. The molecule has 0 spiro atoms. The maximum absolute atomic E-state index is 12.4. The molecule has 2 fully saturated rings. The number of hydrogen-bond acceptors (Lipinski definition) is 5. The zero-order valence-corrected chi connectivity index (χ0v) is 17.8. The number of nitrogens with zero attached hydrogens (tertiary/aromatic N) is 4. The molecule has 0 bridgehead atoms. The van der Waals surface area contributed by atoms with E-state index in [1.165, 1.54) is 31.2 Å². The lowest BCUT2D eigenvalue weighted by atomic mass is 10.1. The first-order valence-corrected chi connectivity index (χ1v) is 11.2. The molecule has 160 valence electrons. The Morgan fingerprint density at radius 2 is 1.93 bits per heavy atom. The Labute approximate surface area is 178 Å². The highest BCUT2D eigenvalue weighted by Crippen LogP contribution is 2.25. The number of carbonyl (C=O) groups excluding carboxylic acids is 1. The molecule has 2 aliphatic rings. The van der Waals surface area contributed by atoms with Crippen LogP contribution >= 0.6 is 0 Å². The summed E-state index contributed by atoms with van der Waals surface area (Å²) < 4.78 is 0. The van der Waals surface area contributed by atoms with Crippen molar-refractivity contribution in [3.8, 4) is 0 Å². The van der Waals surface area contributed by atoms with E-state index >= 15 is 0 Å². The lowest BCUT2D eigenvalue weighted by molar-refractivity contribution is 0.249. The van der Waals surface area contributed by atoms with Gasteiger partial charge in [0.2, 0.25) is 0 Å². The Balaban J connectivity index is 1.27. The Morgan fingerprint density at radius 3 is 2.70 bits per heavy atom. The van der Waals surface area contributed by atoms with E-state index in [-0.39, 0.29) is 12.1 Å². The summed E-state index contributed by atoms with van der Waals surface area (Å²) in [5, 5.41) is 14.6. The molecule has 3 heterocycles. The minimum atomic E-state index is -0.153. The van der Waals surface area contributed by atoms with Gasteiger partial charge in [0.15, 0.2) is 5.82 Å². The van der Waals surface area contributed by atoms with Crippen LogP contribution < -0.4 is 20.4 Å². The molecule has 2 N–H and O–H groups in total. The summed E-state index contributed by atoms with van der Waals surface area (Å²) in [6.45, 7) is 6.00. The van der Waals surface area contributed by atoms with Crippen LogP contribution in [0.1, 0.15) is 44.6 Å². The van der Waals surface area contributed by atoms with Gasteiger partial charge in [-0.1, -0.05) is 25.5 Å². The summed E-state index contributed by atoms with van der Waals surface area (Å²) in [6.07, 6.45) is 8.70. The normalized spacial score (nSPS) is 18.6. The number of unbranched alkanes of at least 4 members (excludes halogenated alkanes) is 1. The number of benzene rings is 1. The van der Waals surface area contributed by atoms with Crippen LogP contribution in [-0.2, 0) is 6.42 Å². The van der Waals surface area contributed by atoms with Crippen molar-refractivity contribution in [1.82, 2.24) is 15.5 Å². The Bertz CT molecular complexity index is 834. The van der Waals surface area contributed by atoms with Crippen molar-refractivity contribution in [3.63, 3.8) is 0 Å². The first kappa shape index (κ1) is 20.4. The fourth-order valence-corrected chi connectivity index (χ4v) is 4.22. The number of nitrogens with one attached hydrogen (secondary N) is 2. The first-order valence-electron chi connectivity index (χ1n) is 11.2. The minimum absolute atomic E-state index is 0.103. The van der Waals surface area contributed by atoms with E-state index < -0.39 is 0 Å². The molecule has 0 aliphatic carbocycles. The zero-order chi connectivity index (χ0) is 20.8. The third-order valence-electron chi connectivity index (χ3n) is 5.98. The third kappa shape index (κ3) is 5.20. The summed E-state index contributed by atoms with van der Waals surface area (Å²) in [5.41, 5.74) is 3.28. The van der Waals surface area contributed by atoms with Crippen molar-refractivity contribution in [2.24, 2.45) is 0 Å². The second-order valence-corrected chi connectivity index (χ2v) is 8.30. The van der Waals surface area contributed by atoms with Crippen LogP contribution in [0.2, 0.25) is 0 Å². The number of hydrogen-bond donors (Lipinski definition) is 2. The highest BCUT2D eigenvalue weighted by Gasteiger charge is 2.26. The van der Waals surface area contributed by atoms with E-state index in [0.29, 0.717) is 0 Å². The van der Waals surface area contributed by atoms with Crippen LogP contribution in [0.15, 0.2) is 36.5 Å². The highest BCUT2D eigenvalue weighted by molar-refractivity contribution is 5.89. The number of aryl methyl sites for hydroxylation is 1. The fourth-order valence-electron chi connectivity index (χ4n) is 4.22. The maximum Gasteiger partial charge on any atom is 0.319 e. The molecule has 7 nitrogen and oxygen atoms in total. The minimum Gasteiger partial charge on any atom is -0.370 e. The van der Waals surface area contributed by atoms with Crippen molar-refractivity contribution in [2.45, 2.75) is 51.5 Å². The van der Waals surface area contributed by atoms with E-state index in [4.69, 9.17) is 0 Å². The predicted molar refractivity (Wildman–Crippen MR) is 121 cm³/mol. The molecule has 30 heavy (non-hydrogen) atoms. The number of amides is 2. The Hall–Kier alpha value is -2.83. The molecular weight excluding hydrogens is 376 g/mol. The van der Waals surface area contributed by atoms with Crippen molar-refractivity contribution in [2.75, 3.05) is 41.3 Å². The molecule has 2 saturated heterocycles. The monoisotopic (exact) mass is 408 g/mol. The van der Waals surface area contributed by atoms with Crippen LogP contribution in [0.25, 0.3) is 0 Å². The number of urea groups is 1. The van der Waals surface area contributed by atoms with E-state index in [1.807, 2.05) is 18.3 Å². The number of anilines is 3. The van der Waals surface area contributed by atoms with Gasteiger partial charge >= 0.3 is 6.03 Å². The van der Waals surface area contributed by atoms with Crippen molar-refractivity contribution < 1.29 is 4.79 Å². The molecule has 2 amide bonds. The van der Waals surface area contributed by atoms with Gasteiger partial charge in [0.1, 0.15) is 0 Å². The molecule has 1 unspecified atom stereocenters. The SMILES string of the molecule is CCCCc1ccc(NC(=O)NC2CCN(c3cc(N4CCCC4)cnn3)C2)cc1. The van der Waals surface area contributed by atoms with Crippen LogP contribution in [0.5, 0.6) is 0 Å². The molecule has 1 aromatic carbocycles. The largest absolute Gasteiger partial charge is 0.370 e. The summed E-state index contributed by atoms with van der Waals surface area (Å²) in [7, 11) is 0. The predicted octanol–water partition coefficient (Wildman–Crippen LogP) is 3.82. The topological polar surface area (TPSA) is 73.4 Å². The van der Waals surface area contributed by atoms with Crippen LogP contribution in [0.4, 0.5) is 22.0 Å². The summed E-state index contributed by atoms with van der Waals surface area (Å²) in [6, 6.07) is 10.2. The number of rotatable bonds is 7. The molecule has 0 radical (unpaired) electrons. The number of carbonyl (C=O) groups is 1. The van der Waals surface area contributed by atoms with Gasteiger partial charge in [-0.3, -0.25) is 0 Å². The Morgan fingerprint density at radius 1 is 1.13 bits per heavy atom. The van der Waals surface area contributed by atoms with Crippen molar-refractivity contribution >= 4 is 23.2 Å². The van der Waals surface area contributed by atoms with Gasteiger partial charge in [-0.25, -0.2) is 4.79 Å². The number of aromatic nitrogens is 2. The molecule has 2 aliphatic heterocycles. The third-order valence-corrected chi connectivity index (χ3v) is 5.98. The Kier molecular flexibility index (Phi) is 6.67. The van der Waals surface area contributed by atoms with E-state index in [0.717, 1.165) is 56.2 Å². The molecule has 2 aromatic rings. The van der Waals surface area contributed by atoms with Crippen LogP contribution in [0.3, 0.4) is 0 Å². The maximum atomic E-state index is 12.4. The van der Waals surface area contributed by atoms with Crippen LogP contribution in [0, 0.1) is 0 Å². The molecule has 0 saturated carbocycles. The van der Waals surface area contributed by atoms with Crippen molar-refractivity contribution in [3.05, 3.63) is 42.1 Å². The molecule has 1 atom stereocenters. The van der Waals surface area contributed by atoms with E-state index in [9.17, 15) is 4.79 Å².